The molecule has 2 aromatic heterocycles. The zero-order valence-corrected chi connectivity index (χ0v) is 25.0. The van der Waals surface area contributed by atoms with Gasteiger partial charge in [-0.1, -0.05) is 31.8 Å². The van der Waals surface area contributed by atoms with Crippen LogP contribution in [0.5, 0.6) is 5.75 Å². The summed E-state index contributed by atoms with van der Waals surface area (Å²) in [6.07, 6.45) is 2.94. The second-order valence-electron chi connectivity index (χ2n) is 11.0. The Morgan fingerprint density at radius 2 is 1.90 bits per heavy atom. The summed E-state index contributed by atoms with van der Waals surface area (Å²) >= 11 is 0. The van der Waals surface area contributed by atoms with Crippen LogP contribution in [-0.4, -0.2) is 65.0 Å². The molecule has 0 fully saturated rings. The van der Waals surface area contributed by atoms with Crippen LogP contribution in [0.15, 0.2) is 54.9 Å². The maximum absolute atomic E-state index is 13.9. The van der Waals surface area contributed by atoms with E-state index in [1.807, 2.05) is 6.92 Å². The Morgan fingerprint density at radius 3 is 2.59 bits per heavy atom. The summed E-state index contributed by atoms with van der Waals surface area (Å²) in [7, 11) is 0.376. The summed E-state index contributed by atoms with van der Waals surface area (Å²) < 4.78 is 27.2. The largest absolute Gasteiger partial charge is 0.493 e. The highest BCUT2D eigenvalue weighted by Gasteiger charge is 2.22. The molecule has 0 atom stereocenters. The molecule has 0 aliphatic rings. The molecule has 11 heteroatoms. The third kappa shape index (κ3) is 7.16. The number of carboxylic acids is 1. The average molecular weight is 579 g/mol. The van der Waals surface area contributed by atoms with Crippen molar-refractivity contribution in [2.75, 3.05) is 20.3 Å². The van der Waals surface area contributed by atoms with E-state index < -0.39 is 14.0 Å². The van der Waals surface area contributed by atoms with Crippen molar-refractivity contribution in [1.82, 2.24) is 19.7 Å². The zero-order chi connectivity index (χ0) is 29.7. The van der Waals surface area contributed by atoms with E-state index in [4.69, 9.17) is 9.47 Å². The van der Waals surface area contributed by atoms with Gasteiger partial charge in [0.05, 0.1) is 23.7 Å². The molecule has 41 heavy (non-hydrogen) atoms. The second kappa shape index (κ2) is 12.6. The van der Waals surface area contributed by atoms with Gasteiger partial charge in [0.2, 0.25) is 0 Å². The van der Waals surface area contributed by atoms with Crippen LogP contribution in [-0.2, 0) is 18.0 Å². The number of carboxylic acid groups (broad SMARTS) is 1. The lowest BCUT2D eigenvalue weighted by molar-refractivity contribution is 0.0691. The summed E-state index contributed by atoms with van der Waals surface area (Å²) in [6, 6.07) is 12.3. The molecule has 0 saturated heterocycles. The number of pyridine rings is 1. The summed E-state index contributed by atoms with van der Waals surface area (Å²) in [5.74, 6) is -1.32. The van der Waals surface area contributed by atoms with Crippen LogP contribution < -0.4 is 4.74 Å². The summed E-state index contributed by atoms with van der Waals surface area (Å²) in [5.41, 5.74) is 2.80. The molecule has 0 aliphatic carbocycles. The van der Waals surface area contributed by atoms with Gasteiger partial charge in [-0.15, -0.1) is 0 Å². The summed E-state index contributed by atoms with van der Waals surface area (Å²) in [6.45, 7) is 9.90. The number of amides is 1. The van der Waals surface area contributed by atoms with Crippen LogP contribution in [0, 0.1) is 5.82 Å². The molecule has 1 N–H and O–H groups in total. The maximum Gasteiger partial charge on any atom is 0.355 e. The Bertz CT molecular complexity index is 1570. The van der Waals surface area contributed by atoms with E-state index in [1.165, 1.54) is 29.4 Å². The van der Waals surface area contributed by atoms with E-state index in [-0.39, 0.29) is 30.7 Å². The maximum atomic E-state index is 13.9. The molecule has 0 aliphatic heterocycles. The first kappa shape index (κ1) is 29.9. The van der Waals surface area contributed by atoms with Crippen LogP contribution in [0.1, 0.15) is 33.3 Å². The molecule has 4 rings (SSSR count). The van der Waals surface area contributed by atoms with Crippen LogP contribution in [0.2, 0.25) is 25.7 Å². The number of rotatable bonds is 12. The molecular formula is C30H35FN4O5Si. The van der Waals surface area contributed by atoms with Gasteiger partial charge in [0.1, 0.15) is 18.3 Å². The lowest BCUT2D eigenvalue weighted by atomic mass is 10.0. The van der Waals surface area contributed by atoms with Gasteiger partial charge in [-0.05, 0) is 48.9 Å². The lowest BCUT2D eigenvalue weighted by Crippen LogP contribution is -2.27. The van der Waals surface area contributed by atoms with Crippen LogP contribution >= 0.6 is 0 Å². The van der Waals surface area contributed by atoms with Crippen molar-refractivity contribution in [2.24, 2.45) is 0 Å². The minimum Gasteiger partial charge on any atom is -0.493 e. The standard InChI is InChI=1S/C30H35FN4O5Si/c1-6-40-26-15-21(10-11-24(26)20-8-7-9-23(31)14-20)29(36)34(2)18-22-16-32-27(30(37)38)25-17-33-35(28(22)25)19-39-12-13-41(3,4)5/h7-11,14-17H,6,12-13,18-19H2,1-5H3,(H,37,38). The highest BCUT2D eigenvalue weighted by atomic mass is 28.3. The predicted octanol–water partition coefficient (Wildman–Crippen LogP) is 5.92. The molecule has 216 valence electrons. The number of ether oxygens (including phenoxy) is 2. The average Bonchev–Trinajstić information content (AvgIpc) is 3.34. The molecule has 1 amide bonds. The molecule has 0 bridgehead atoms. The smallest absolute Gasteiger partial charge is 0.355 e. The van der Waals surface area contributed by atoms with Gasteiger partial charge in [-0.2, -0.15) is 5.10 Å². The number of fused-ring (bicyclic) bond motifs is 1. The van der Waals surface area contributed by atoms with E-state index in [0.29, 0.717) is 52.1 Å². The number of aromatic carboxylic acids is 1. The Hall–Kier alpha value is -4.09. The molecule has 0 unspecified atom stereocenters. The van der Waals surface area contributed by atoms with E-state index >= 15 is 0 Å². The lowest BCUT2D eigenvalue weighted by Gasteiger charge is -2.20. The van der Waals surface area contributed by atoms with Gasteiger partial charge < -0.3 is 19.5 Å². The van der Waals surface area contributed by atoms with Gasteiger partial charge in [0, 0.05) is 51.2 Å². The molecule has 9 nitrogen and oxygen atoms in total. The number of nitrogens with zero attached hydrogens (tertiary/aromatic N) is 4. The van der Waals surface area contributed by atoms with E-state index in [2.05, 4.69) is 29.7 Å². The van der Waals surface area contributed by atoms with E-state index in [9.17, 15) is 19.1 Å². The number of carbonyl (C=O) groups is 2. The number of hydrogen-bond acceptors (Lipinski definition) is 6. The first-order valence-corrected chi connectivity index (χ1v) is 17.1. The van der Waals surface area contributed by atoms with Gasteiger partial charge in [0.25, 0.3) is 5.91 Å². The first-order chi connectivity index (χ1) is 19.5. The van der Waals surface area contributed by atoms with Crippen LogP contribution in [0.4, 0.5) is 4.39 Å². The molecule has 2 heterocycles. The highest BCUT2D eigenvalue weighted by Crippen LogP contribution is 2.32. The van der Waals surface area contributed by atoms with Crippen molar-refractivity contribution in [3.63, 3.8) is 0 Å². The Kier molecular flexibility index (Phi) is 9.19. The predicted molar refractivity (Wildman–Crippen MR) is 157 cm³/mol. The fraction of sp³-hybridized carbons (Fsp3) is 0.333. The third-order valence-corrected chi connectivity index (χ3v) is 8.28. The Morgan fingerprint density at radius 1 is 1.12 bits per heavy atom. The van der Waals surface area contributed by atoms with Crippen molar-refractivity contribution >= 4 is 30.9 Å². The number of benzene rings is 2. The van der Waals surface area contributed by atoms with Gasteiger partial charge >= 0.3 is 5.97 Å². The SMILES string of the molecule is CCOc1cc(C(=O)N(C)Cc2cnc(C(=O)O)c3cnn(COCC[Si](C)(C)C)c23)ccc1-c1cccc(F)c1. The molecule has 0 spiro atoms. The number of carbonyl (C=O) groups excluding carboxylic acids is 1. The molecular weight excluding hydrogens is 543 g/mol. The third-order valence-electron chi connectivity index (χ3n) is 6.58. The number of hydrogen-bond donors (Lipinski definition) is 1. The van der Waals surface area contributed by atoms with E-state index in [0.717, 1.165) is 6.04 Å². The first-order valence-electron chi connectivity index (χ1n) is 13.4. The van der Waals surface area contributed by atoms with Crippen molar-refractivity contribution in [3.05, 3.63) is 77.5 Å². The number of aromatic nitrogens is 3. The van der Waals surface area contributed by atoms with Gasteiger partial charge in [0.15, 0.2) is 5.69 Å². The molecule has 4 aromatic rings. The van der Waals surface area contributed by atoms with Gasteiger partial charge in [-0.25, -0.2) is 18.9 Å². The van der Waals surface area contributed by atoms with Crippen LogP contribution in [0.25, 0.3) is 22.0 Å². The van der Waals surface area contributed by atoms with Crippen molar-refractivity contribution in [2.45, 2.75) is 45.9 Å². The number of halogens is 1. The fourth-order valence-electron chi connectivity index (χ4n) is 4.46. The molecule has 2 aromatic carbocycles. The topological polar surface area (TPSA) is 107 Å². The second-order valence-corrected chi connectivity index (χ2v) is 16.6. The minimum atomic E-state index is -1.28. The monoisotopic (exact) mass is 578 g/mol. The summed E-state index contributed by atoms with van der Waals surface area (Å²) in [5, 5.41) is 14.4. The van der Waals surface area contributed by atoms with Crippen molar-refractivity contribution in [1.29, 1.82) is 0 Å². The van der Waals surface area contributed by atoms with Crippen molar-refractivity contribution in [3.8, 4) is 16.9 Å². The minimum absolute atomic E-state index is 0.111. The summed E-state index contributed by atoms with van der Waals surface area (Å²) in [4.78, 5) is 31.0. The van der Waals surface area contributed by atoms with Crippen molar-refractivity contribution < 1.29 is 28.6 Å². The highest BCUT2D eigenvalue weighted by molar-refractivity contribution is 6.76. The Labute approximate surface area is 239 Å². The molecule has 0 radical (unpaired) electrons. The molecule has 0 saturated carbocycles. The quantitative estimate of drug-likeness (QED) is 0.164. The fourth-order valence-corrected chi connectivity index (χ4v) is 5.21. The van der Waals surface area contributed by atoms with Crippen LogP contribution in [0.3, 0.4) is 0 Å². The zero-order valence-electron chi connectivity index (χ0n) is 24.0. The normalized spacial score (nSPS) is 11.6. The van der Waals surface area contributed by atoms with E-state index in [1.54, 1.807) is 42.1 Å². The Balaban J connectivity index is 1.61. The van der Waals surface area contributed by atoms with Gasteiger partial charge in [-0.3, -0.25) is 4.79 Å².